The highest BCUT2D eigenvalue weighted by atomic mass is 19.4. The summed E-state index contributed by atoms with van der Waals surface area (Å²) >= 11 is 0. The quantitative estimate of drug-likeness (QED) is 0.540. The molecule has 1 atom stereocenters. The number of phenols is 1. The number of aromatic nitrogens is 1. The lowest BCUT2D eigenvalue weighted by atomic mass is 10.1. The van der Waals surface area contributed by atoms with Crippen LogP contribution in [0.25, 0.3) is 10.9 Å². The maximum Gasteiger partial charge on any atom is 0.416 e. The van der Waals surface area contributed by atoms with Crippen molar-refractivity contribution in [2.45, 2.75) is 45.8 Å². The molecule has 9 heteroatoms. The van der Waals surface area contributed by atoms with E-state index >= 15 is 0 Å². The first kappa shape index (κ1) is 23.3. The molecule has 0 saturated carbocycles. The monoisotopic (exact) mass is 450 g/mol. The minimum absolute atomic E-state index is 0.0397. The molecule has 0 aliphatic carbocycles. The van der Waals surface area contributed by atoms with Crippen LogP contribution in [-0.4, -0.2) is 27.5 Å². The average molecular weight is 450 g/mol. The number of hydrogen-bond acceptors (Lipinski definition) is 3. The number of fused-ring (bicyclic) bond motifs is 1. The van der Waals surface area contributed by atoms with Gasteiger partial charge >= 0.3 is 6.18 Å². The number of aromatic hydroxyl groups is 1. The SMILES string of the molecule is CCC(C)NC(=O)Cc1c(C)n(C(=O)c2ccc(C(F)(F)F)cc2)c2cc(F)c(O)cc12. The third-order valence-electron chi connectivity index (χ3n) is 5.42. The number of carbonyl (C=O) groups excluding carboxylic acids is 2. The van der Waals surface area contributed by atoms with E-state index < -0.39 is 29.2 Å². The second-order valence-corrected chi connectivity index (χ2v) is 7.65. The van der Waals surface area contributed by atoms with Crippen LogP contribution in [0.5, 0.6) is 5.75 Å². The summed E-state index contributed by atoms with van der Waals surface area (Å²) in [6.45, 7) is 5.30. The van der Waals surface area contributed by atoms with Crippen LogP contribution in [0.15, 0.2) is 36.4 Å². The summed E-state index contributed by atoms with van der Waals surface area (Å²) < 4.78 is 53.8. The molecule has 5 nitrogen and oxygen atoms in total. The second kappa shape index (κ2) is 8.64. The van der Waals surface area contributed by atoms with Gasteiger partial charge in [-0.2, -0.15) is 13.2 Å². The number of carbonyl (C=O) groups is 2. The fourth-order valence-corrected chi connectivity index (χ4v) is 3.49. The number of halogens is 4. The van der Waals surface area contributed by atoms with Gasteiger partial charge in [0.25, 0.3) is 5.91 Å². The molecule has 2 aromatic carbocycles. The summed E-state index contributed by atoms with van der Waals surface area (Å²) in [5, 5.41) is 13.0. The minimum Gasteiger partial charge on any atom is -0.505 e. The van der Waals surface area contributed by atoms with Gasteiger partial charge < -0.3 is 10.4 Å². The minimum atomic E-state index is -4.55. The first-order valence-corrected chi connectivity index (χ1v) is 9.97. The predicted octanol–water partition coefficient (Wildman–Crippen LogP) is 4.96. The maximum atomic E-state index is 14.1. The van der Waals surface area contributed by atoms with Gasteiger partial charge in [0.15, 0.2) is 11.6 Å². The fraction of sp³-hybridized carbons (Fsp3) is 0.304. The third kappa shape index (κ3) is 4.46. The van der Waals surface area contributed by atoms with Gasteiger partial charge in [-0.05, 0) is 56.2 Å². The van der Waals surface area contributed by atoms with Crippen molar-refractivity contribution >= 4 is 22.7 Å². The van der Waals surface area contributed by atoms with Crippen molar-refractivity contribution in [1.29, 1.82) is 0 Å². The Kier molecular flexibility index (Phi) is 6.29. The number of alkyl halides is 3. The molecule has 3 rings (SSSR count). The standard InChI is InChI=1S/C23H22F4N2O3/c1-4-12(2)28-21(31)10-16-13(3)29(19-11-18(24)20(30)9-17(16)19)22(32)14-5-7-15(8-6-14)23(25,26)27/h5-9,11-12,30H,4,10H2,1-3H3,(H,28,31). The van der Waals surface area contributed by atoms with Gasteiger partial charge in [0.05, 0.1) is 17.5 Å². The second-order valence-electron chi connectivity index (χ2n) is 7.65. The Morgan fingerprint density at radius 1 is 1.16 bits per heavy atom. The van der Waals surface area contributed by atoms with Crippen molar-refractivity contribution in [2.75, 3.05) is 0 Å². The van der Waals surface area contributed by atoms with E-state index in [1.54, 1.807) is 6.92 Å². The van der Waals surface area contributed by atoms with E-state index in [0.29, 0.717) is 23.1 Å². The van der Waals surface area contributed by atoms with Crippen LogP contribution in [0.4, 0.5) is 17.6 Å². The molecule has 32 heavy (non-hydrogen) atoms. The zero-order valence-electron chi connectivity index (χ0n) is 17.7. The van der Waals surface area contributed by atoms with Crippen molar-refractivity contribution in [3.8, 4) is 5.75 Å². The molecular weight excluding hydrogens is 428 g/mol. The highest BCUT2D eigenvalue weighted by Gasteiger charge is 2.30. The number of benzene rings is 2. The van der Waals surface area contributed by atoms with Crippen molar-refractivity contribution < 1.29 is 32.3 Å². The first-order valence-electron chi connectivity index (χ1n) is 9.97. The normalized spacial score (nSPS) is 12.7. The number of phenolic OH excluding ortho intramolecular Hbond substituents is 1. The number of amides is 1. The van der Waals surface area contributed by atoms with E-state index in [9.17, 15) is 32.3 Å². The van der Waals surface area contributed by atoms with E-state index in [1.165, 1.54) is 0 Å². The highest BCUT2D eigenvalue weighted by molar-refractivity contribution is 6.05. The summed E-state index contributed by atoms with van der Waals surface area (Å²) in [5.41, 5.74) is -0.0943. The molecule has 0 bridgehead atoms. The van der Waals surface area contributed by atoms with Crippen LogP contribution in [-0.2, 0) is 17.4 Å². The Bertz CT molecular complexity index is 1180. The summed E-state index contributed by atoms with van der Waals surface area (Å²) in [5.74, 6) is -2.60. The lowest BCUT2D eigenvalue weighted by Gasteiger charge is -2.12. The molecule has 0 spiro atoms. The molecule has 3 aromatic rings. The van der Waals surface area contributed by atoms with Crippen LogP contribution in [0.1, 0.15) is 47.4 Å². The third-order valence-corrected chi connectivity index (χ3v) is 5.42. The van der Waals surface area contributed by atoms with Crippen LogP contribution in [0.3, 0.4) is 0 Å². The van der Waals surface area contributed by atoms with E-state index in [0.717, 1.165) is 41.0 Å². The molecule has 1 aromatic heterocycles. The molecular formula is C23H22F4N2O3. The van der Waals surface area contributed by atoms with Crippen molar-refractivity contribution in [1.82, 2.24) is 9.88 Å². The smallest absolute Gasteiger partial charge is 0.416 e. The number of nitrogens with one attached hydrogen (secondary N) is 1. The van der Waals surface area contributed by atoms with E-state index in [4.69, 9.17) is 0 Å². The number of hydrogen-bond donors (Lipinski definition) is 2. The fourth-order valence-electron chi connectivity index (χ4n) is 3.49. The highest BCUT2D eigenvalue weighted by Crippen LogP contribution is 2.33. The van der Waals surface area contributed by atoms with Gasteiger partial charge in [-0.1, -0.05) is 6.92 Å². The summed E-state index contributed by atoms with van der Waals surface area (Å²) in [6, 6.07) is 5.71. The zero-order chi connectivity index (χ0) is 23.8. The Hall–Kier alpha value is -3.36. The van der Waals surface area contributed by atoms with Gasteiger partial charge in [-0.25, -0.2) is 4.39 Å². The van der Waals surface area contributed by atoms with E-state index in [-0.39, 0.29) is 29.4 Å². The Morgan fingerprint density at radius 2 is 1.78 bits per heavy atom. The van der Waals surface area contributed by atoms with Crippen LogP contribution in [0, 0.1) is 12.7 Å². The summed E-state index contributed by atoms with van der Waals surface area (Å²) in [4.78, 5) is 25.6. The Morgan fingerprint density at radius 3 is 2.34 bits per heavy atom. The van der Waals surface area contributed by atoms with Gasteiger partial charge in [0.2, 0.25) is 5.91 Å². The molecule has 2 N–H and O–H groups in total. The molecule has 0 fully saturated rings. The molecule has 0 aliphatic rings. The van der Waals surface area contributed by atoms with Crippen LogP contribution < -0.4 is 5.32 Å². The zero-order valence-corrected chi connectivity index (χ0v) is 17.7. The van der Waals surface area contributed by atoms with Gasteiger partial charge in [0, 0.05) is 28.8 Å². The topological polar surface area (TPSA) is 71.3 Å². The molecule has 1 unspecified atom stereocenters. The number of nitrogens with zero attached hydrogens (tertiary/aromatic N) is 1. The molecule has 0 aliphatic heterocycles. The largest absolute Gasteiger partial charge is 0.505 e. The Labute approximate surface area is 181 Å². The van der Waals surface area contributed by atoms with E-state index in [2.05, 4.69) is 5.32 Å². The molecule has 0 radical (unpaired) electrons. The van der Waals surface area contributed by atoms with Crippen molar-refractivity contribution in [3.05, 3.63) is 64.6 Å². The number of rotatable bonds is 5. The predicted molar refractivity (Wildman–Crippen MR) is 111 cm³/mol. The summed E-state index contributed by atoms with van der Waals surface area (Å²) in [6.07, 6.45) is -3.95. The Balaban J connectivity index is 2.10. The lowest BCUT2D eigenvalue weighted by Crippen LogP contribution is -2.33. The van der Waals surface area contributed by atoms with Gasteiger partial charge in [-0.3, -0.25) is 14.2 Å². The van der Waals surface area contributed by atoms with Crippen LogP contribution in [0.2, 0.25) is 0 Å². The molecule has 0 saturated heterocycles. The van der Waals surface area contributed by atoms with E-state index in [1.807, 2.05) is 13.8 Å². The molecule has 1 heterocycles. The molecule has 1 amide bonds. The summed E-state index contributed by atoms with van der Waals surface area (Å²) in [7, 11) is 0. The van der Waals surface area contributed by atoms with Gasteiger partial charge in [0.1, 0.15) is 0 Å². The van der Waals surface area contributed by atoms with Crippen molar-refractivity contribution in [3.63, 3.8) is 0 Å². The van der Waals surface area contributed by atoms with Gasteiger partial charge in [-0.15, -0.1) is 0 Å². The maximum absolute atomic E-state index is 14.1. The average Bonchev–Trinajstić information content (AvgIpc) is 2.98. The lowest BCUT2D eigenvalue weighted by molar-refractivity contribution is -0.137. The van der Waals surface area contributed by atoms with Crippen LogP contribution >= 0.6 is 0 Å². The van der Waals surface area contributed by atoms with Crippen molar-refractivity contribution in [2.24, 2.45) is 0 Å². The molecule has 170 valence electrons. The first-order chi connectivity index (χ1) is 14.9.